The van der Waals surface area contributed by atoms with Gasteiger partial charge in [0.1, 0.15) is 11.6 Å². The minimum Gasteiger partial charge on any atom is -0.491 e. The van der Waals surface area contributed by atoms with Crippen LogP contribution in [0.5, 0.6) is 5.75 Å². The van der Waals surface area contributed by atoms with Crippen molar-refractivity contribution in [2.45, 2.75) is 31.4 Å². The number of ether oxygens (including phenoxy) is 1. The second kappa shape index (κ2) is 8.47. The van der Waals surface area contributed by atoms with Gasteiger partial charge in [-0.15, -0.1) is 0 Å². The van der Waals surface area contributed by atoms with Gasteiger partial charge >= 0.3 is 0 Å². The molecule has 1 aliphatic heterocycles. The van der Waals surface area contributed by atoms with Crippen LogP contribution >= 0.6 is 0 Å². The molecule has 7 heteroatoms. The highest BCUT2D eigenvalue weighted by atomic mass is 32.2. The van der Waals surface area contributed by atoms with Crippen molar-refractivity contribution in [1.29, 1.82) is 5.26 Å². The smallest absolute Gasteiger partial charge is 0.151 e. The quantitative estimate of drug-likeness (QED) is 0.651. The Labute approximate surface area is 177 Å². The number of rotatable bonds is 6. The lowest BCUT2D eigenvalue weighted by atomic mass is 10.0. The molecule has 1 N–H and O–H groups in total. The van der Waals surface area contributed by atoms with Gasteiger partial charge in [0.2, 0.25) is 0 Å². The molecular formula is C23H20N4O2S. The van der Waals surface area contributed by atoms with Crippen molar-refractivity contribution in [2.75, 3.05) is 4.72 Å². The number of nitrogens with zero attached hydrogens (tertiary/aromatic N) is 3. The van der Waals surface area contributed by atoms with E-state index in [-0.39, 0.29) is 6.10 Å². The molecule has 0 bridgehead atoms. The third kappa shape index (κ3) is 4.24. The van der Waals surface area contributed by atoms with E-state index in [4.69, 9.17) is 10.00 Å². The van der Waals surface area contributed by atoms with Crippen molar-refractivity contribution < 1.29 is 8.95 Å². The molecule has 4 rings (SSSR count). The van der Waals surface area contributed by atoms with E-state index in [0.717, 1.165) is 28.2 Å². The van der Waals surface area contributed by atoms with Gasteiger partial charge in [-0.25, -0.2) is 9.19 Å². The van der Waals surface area contributed by atoms with E-state index in [2.05, 4.69) is 20.8 Å². The molecule has 30 heavy (non-hydrogen) atoms. The molecule has 0 radical (unpaired) electrons. The molecule has 1 atom stereocenters. The van der Waals surface area contributed by atoms with Crippen molar-refractivity contribution in [2.24, 2.45) is 4.99 Å². The first-order valence-corrected chi connectivity index (χ1v) is 10.7. The lowest BCUT2D eigenvalue weighted by molar-refractivity contribution is 0.242. The zero-order valence-electron chi connectivity index (χ0n) is 16.6. The van der Waals surface area contributed by atoms with Crippen molar-refractivity contribution >= 4 is 22.5 Å². The second-order valence-electron chi connectivity index (χ2n) is 7.09. The monoisotopic (exact) mass is 416 g/mol. The summed E-state index contributed by atoms with van der Waals surface area (Å²) >= 11 is 0. The fourth-order valence-corrected chi connectivity index (χ4v) is 4.08. The van der Waals surface area contributed by atoms with Crippen LogP contribution in [0.2, 0.25) is 0 Å². The van der Waals surface area contributed by atoms with Crippen LogP contribution in [0.3, 0.4) is 0 Å². The summed E-state index contributed by atoms with van der Waals surface area (Å²) in [4.78, 5) is 9.49. The molecule has 0 saturated heterocycles. The minimum atomic E-state index is -1.54. The summed E-state index contributed by atoms with van der Waals surface area (Å²) in [5.74, 6) is 1.28. The number of pyridine rings is 1. The number of nitrogens with one attached hydrogen (secondary N) is 1. The fourth-order valence-electron chi connectivity index (χ4n) is 3.22. The van der Waals surface area contributed by atoms with Crippen LogP contribution in [0.25, 0.3) is 0 Å². The Morgan fingerprint density at radius 1 is 1.17 bits per heavy atom. The number of anilines is 1. The first kappa shape index (κ1) is 19.8. The zero-order chi connectivity index (χ0) is 21.1. The van der Waals surface area contributed by atoms with Crippen LogP contribution in [0.4, 0.5) is 5.82 Å². The number of nitriles is 1. The summed E-state index contributed by atoms with van der Waals surface area (Å²) in [6.07, 6.45) is 1.76. The average Bonchev–Trinajstić information content (AvgIpc) is 3.17. The summed E-state index contributed by atoms with van der Waals surface area (Å²) in [7, 11) is -1.54. The van der Waals surface area contributed by atoms with E-state index < -0.39 is 11.0 Å². The third-order valence-corrected chi connectivity index (χ3v) is 5.60. The molecule has 1 unspecified atom stereocenters. The highest BCUT2D eigenvalue weighted by Gasteiger charge is 2.19. The maximum atomic E-state index is 12.7. The molecule has 2 aromatic carbocycles. The molecule has 1 aromatic heterocycles. The molecule has 0 spiro atoms. The maximum absolute atomic E-state index is 12.7. The molecule has 3 aromatic rings. The predicted octanol–water partition coefficient (Wildman–Crippen LogP) is 4.23. The van der Waals surface area contributed by atoms with Gasteiger partial charge in [0.15, 0.2) is 11.0 Å². The lowest BCUT2D eigenvalue weighted by Gasteiger charge is -2.12. The molecule has 0 fully saturated rings. The first-order valence-electron chi connectivity index (χ1n) is 9.53. The highest BCUT2D eigenvalue weighted by molar-refractivity contribution is 7.86. The van der Waals surface area contributed by atoms with Gasteiger partial charge in [0.25, 0.3) is 0 Å². The summed E-state index contributed by atoms with van der Waals surface area (Å²) in [6.45, 7) is 4.61. The standard InChI is InChI=1S/C23H20N4O2S/c1-15(2)29-19-7-6-18-14-26-23(21(18)12-19)17-8-9-25-22(11-17)27-30(28)20-5-3-4-16(10-20)13-24/h3-12,15H,14H2,1-2H3,(H,25,27). The number of hydrogen-bond donors (Lipinski definition) is 1. The number of aromatic nitrogens is 1. The third-order valence-electron chi connectivity index (χ3n) is 4.52. The summed E-state index contributed by atoms with van der Waals surface area (Å²) in [6, 6.07) is 18.5. The highest BCUT2D eigenvalue weighted by Crippen LogP contribution is 2.28. The zero-order valence-corrected chi connectivity index (χ0v) is 17.4. The number of fused-ring (bicyclic) bond motifs is 1. The van der Waals surface area contributed by atoms with Crippen molar-refractivity contribution in [3.63, 3.8) is 0 Å². The van der Waals surface area contributed by atoms with Crippen LogP contribution in [0.15, 0.2) is 70.7 Å². The van der Waals surface area contributed by atoms with E-state index in [1.165, 1.54) is 0 Å². The normalized spacial score (nSPS) is 13.3. The molecule has 150 valence electrons. The van der Waals surface area contributed by atoms with Gasteiger partial charge in [-0.2, -0.15) is 5.26 Å². The topological polar surface area (TPSA) is 87.4 Å². The SMILES string of the molecule is CC(C)Oc1ccc2c(c1)C(c1ccnc(NS(=O)c3cccc(C#N)c3)c1)=NC2. The summed E-state index contributed by atoms with van der Waals surface area (Å²) in [5.41, 5.74) is 4.39. The largest absolute Gasteiger partial charge is 0.491 e. The van der Waals surface area contributed by atoms with Gasteiger partial charge in [-0.3, -0.25) is 9.71 Å². The van der Waals surface area contributed by atoms with Crippen LogP contribution in [0.1, 0.15) is 36.1 Å². The number of hydrogen-bond acceptors (Lipinski definition) is 5. The van der Waals surface area contributed by atoms with Crippen molar-refractivity contribution in [1.82, 2.24) is 4.98 Å². The van der Waals surface area contributed by atoms with Crippen LogP contribution < -0.4 is 9.46 Å². The van der Waals surface area contributed by atoms with E-state index >= 15 is 0 Å². The predicted molar refractivity (Wildman–Crippen MR) is 117 cm³/mol. The van der Waals surface area contributed by atoms with E-state index in [1.807, 2.05) is 44.2 Å². The second-order valence-corrected chi connectivity index (χ2v) is 8.30. The van der Waals surface area contributed by atoms with Crippen LogP contribution in [-0.2, 0) is 17.5 Å². The van der Waals surface area contributed by atoms with Gasteiger partial charge in [-0.1, -0.05) is 12.1 Å². The minimum absolute atomic E-state index is 0.0936. The molecule has 0 saturated carbocycles. The Kier molecular flexibility index (Phi) is 5.59. The number of benzene rings is 2. The summed E-state index contributed by atoms with van der Waals surface area (Å²) < 4.78 is 21.4. The first-order chi connectivity index (χ1) is 14.5. The van der Waals surface area contributed by atoms with Gasteiger partial charge in [0, 0.05) is 17.3 Å². The van der Waals surface area contributed by atoms with Gasteiger partial charge < -0.3 is 4.74 Å². The fraction of sp³-hybridized carbons (Fsp3) is 0.174. The maximum Gasteiger partial charge on any atom is 0.151 e. The lowest BCUT2D eigenvalue weighted by Crippen LogP contribution is -2.09. The van der Waals surface area contributed by atoms with Crippen LogP contribution in [-0.4, -0.2) is 21.0 Å². The van der Waals surface area contributed by atoms with E-state index in [9.17, 15) is 4.21 Å². The van der Waals surface area contributed by atoms with E-state index in [0.29, 0.717) is 22.8 Å². The molecule has 2 heterocycles. The Hall–Kier alpha value is -3.50. The van der Waals surface area contributed by atoms with Gasteiger partial charge in [0.05, 0.1) is 34.9 Å². The molecule has 1 aliphatic rings. The Morgan fingerprint density at radius 3 is 2.83 bits per heavy atom. The molecular weight excluding hydrogens is 396 g/mol. The Balaban J connectivity index is 1.58. The Morgan fingerprint density at radius 2 is 2.03 bits per heavy atom. The number of aliphatic imine (C=N–C) groups is 1. The molecule has 6 nitrogen and oxygen atoms in total. The van der Waals surface area contributed by atoms with Crippen LogP contribution in [0, 0.1) is 11.3 Å². The van der Waals surface area contributed by atoms with E-state index in [1.54, 1.807) is 30.5 Å². The molecule has 0 aliphatic carbocycles. The van der Waals surface area contributed by atoms with Crippen molar-refractivity contribution in [3.05, 3.63) is 83.0 Å². The Bertz CT molecular complexity index is 1200. The van der Waals surface area contributed by atoms with Crippen molar-refractivity contribution in [3.8, 4) is 11.8 Å². The average molecular weight is 417 g/mol. The van der Waals surface area contributed by atoms with Gasteiger partial charge in [-0.05, 0) is 61.9 Å². The molecule has 0 amide bonds. The summed E-state index contributed by atoms with van der Waals surface area (Å²) in [5, 5.41) is 9.04.